The second-order valence-corrected chi connectivity index (χ2v) is 7.25. The van der Waals surface area contributed by atoms with Crippen molar-refractivity contribution in [3.8, 4) is 11.1 Å². The summed E-state index contributed by atoms with van der Waals surface area (Å²) in [4.78, 5) is 23.5. The summed E-state index contributed by atoms with van der Waals surface area (Å²) < 4.78 is 18.2. The molecule has 2 aromatic carbocycles. The van der Waals surface area contributed by atoms with Gasteiger partial charge < -0.3 is 9.84 Å². The second-order valence-electron chi connectivity index (χ2n) is 7.25. The van der Waals surface area contributed by atoms with Gasteiger partial charge in [0, 0.05) is 12.8 Å². The van der Waals surface area contributed by atoms with Crippen LogP contribution in [0, 0.1) is 26.6 Å². The van der Waals surface area contributed by atoms with Gasteiger partial charge in [-0.1, -0.05) is 23.8 Å². The maximum Gasteiger partial charge on any atom is 0.308 e. The van der Waals surface area contributed by atoms with Crippen LogP contribution < -0.4 is 0 Å². The van der Waals surface area contributed by atoms with Crippen LogP contribution in [-0.4, -0.2) is 30.1 Å². The molecule has 4 nitrogen and oxygen atoms in total. The zero-order valence-electron chi connectivity index (χ0n) is 16.8. The van der Waals surface area contributed by atoms with E-state index in [1.165, 1.54) is 13.2 Å². The summed E-state index contributed by atoms with van der Waals surface area (Å²) in [6.45, 7) is 5.73. The van der Waals surface area contributed by atoms with Gasteiger partial charge in [0.2, 0.25) is 0 Å². The number of aliphatic hydroxyl groups excluding tert-OH is 1. The summed E-state index contributed by atoms with van der Waals surface area (Å²) in [7, 11) is 1.25. The van der Waals surface area contributed by atoms with Crippen molar-refractivity contribution < 1.29 is 23.8 Å². The minimum Gasteiger partial charge on any atom is -0.469 e. The van der Waals surface area contributed by atoms with E-state index in [2.05, 4.69) is 10.8 Å². The average Bonchev–Trinajstić information content (AvgIpc) is 2.62. The SMILES string of the molecule is COC(=O)CC(O)CC(=O)CCc1c(C)cc(C)cc1-c1ccc(F)c(C)c1. The van der Waals surface area contributed by atoms with Crippen LogP contribution in [0.4, 0.5) is 4.39 Å². The van der Waals surface area contributed by atoms with Gasteiger partial charge in [0.1, 0.15) is 11.6 Å². The number of benzene rings is 2. The molecule has 150 valence electrons. The molecule has 0 heterocycles. The number of esters is 1. The van der Waals surface area contributed by atoms with E-state index < -0.39 is 12.1 Å². The third kappa shape index (κ3) is 5.73. The van der Waals surface area contributed by atoms with Crippen molar-refractivity contribution in [1.29, 1.82) is 0 Å². The fourth-order valence-electron chi connectivity index (χ4n) is 3.38. The van der Waals surface area contributed by atoms with Gasteiger partial charge in [0.15, 0.2) is 0 Å². The van der Waals surface area contributed by atoms with Crippen molar-refractivity contribution in [3.63, 3.8) is 0 Å². The first-order valence-electron chi connectivity index (χ1n) is 9.34. The molecule has 5 heteroatoms. The predicted octanol–water partition coefficient (Wildman–Crippen LogP) is 4.23. The lowest BCUT2D eigenvalue weighted by molar-refractivity contribution is -0.143. The molecule has 0 aliphatic heterocycles. The van der Waals surface area contributed by atoms with Gasteiger partial charge in [0.25, 0.3) is 0 Å². The highest BCUT2D eigenvalue weighted by Crippen LogP contribution is 2.30. The molecule has 0 aliphatic rings. The molecule has 0 bridgehead atoms. The molecule has 1 atom stereocenters. The average molecular weight is 386 g/mol. The topological polar surface area (TPSA) is 63.6 Å². The van der Waals surface area contributed by atoms with Crippen LogP contribution in [-0.2, 0) is 20.7 Å². The van der Waals surface area contributed by atoms with Crippen LogP contribution in [0.3, 0.4) is 0 Å². The highest BCUT2D eigenvalue weighted by molar-refractivity contribution is 5.81. The number of rotatable bonds is 8. The molecular weight excluding hydrogens is 359 g/mol. The third-order valence-corrected chi connectivity index (χ3v) is 4.83. The fraction of sp³-hybridized carbons (Fsp3) is 0.391. The van der Waals surface area contributed by atoms with Crippen LogP contribution in [0.25, 0.3) is 11.1 Å². The number of hydrogen-bond acceptors (Lipinski definition) is 4. The zero-order valence-corrected chi connectivity index (χ0v) is 16.8. The number of aliphatic hydroxyl groups is 1. The molecule has 2 aromatic rings. The number of Topliss-reactive ketones (excluding diaryl/α,β-unsaturated/α-hetero) is 1. The molecule has 0 fully saturated rings. The highest BCUT2D eigenvalue weighted by atomic mass is 19.1. The van der Waals surface area contributed by atoms with E-state index in [-0.39, 0.29) is 30.9 Å². The Morgan fingerprint density at radius 1 is 1.07 bits per heavy atom. The van der Waals surface area contributed by atoms with Gasteiger partial charge in [0.05, 0.1) is 19.6 Å². The Balaban J connectivity index is 2.18. The molecule has 28 heavy (non-hydrogen) atoms. The van der Waals surface area contributed by atoms with E-state index in [1.807, 2.05) is 26.0 Å². The molecule has 0 saturated heterocycles. The summed E-state index contributed by atoms with van der Waals surface area (Å²) in [5.74, 6) is -0.897. The van der Waals surface area contributed by atoms with E-state index in [9.17, 15) is 19.1 Å². The lowest BCUT2D eigenvalue weighted by Crippen LogP contribution is -2.19. The number of halogens is 1. The van der Waals surface area contributed by atoms with E-state index >= 15 is 0 Å². The van der Waals surface area contributed by atoms with Crippen molar-refractivity contribution in [2.75, 3.05) is 7.11 Å². The Kier molecular flexibility index (Phi) is 7.46. The van der Waals surface area contributed by atoms with Gasteiger partial charge in [-0.25, -0.2) is 4.39 Å². The third-order valence-electron chi connectivity index (χ3n) is 4.83. The van der Waals surface area contributed by atoms with E-state index in [0.717, 1.165) is 27.8 Å². The molecule has 0 radical (unpaired) electrons. The Bertz CT molecular complexity index is 873. The molecule has 0 aromatic heterocycles. The van der Waals surface area contributed by atoms with Crippen molar-refractivity contribution in [1.82, 2.24) is 0 Å². The first kappa shape index (κ1) is 21.8. The number of carbonyl (C=O) groups is 2. The van der Waals surface area contributed by atoms with E-state index in [1.54, 1.807) is 13.0 Å². The summed E-state index contributed by atoms with van der Waals surface area (Å²) in [5, 5.41) is 9.84. The van der Waals surface area contributed by atoms with E-state index in [4.69, 9.17) is 0 Å². The standard InChI is InChI=1S/C23H27FO4/c1-14-9-15(2)20(7-6-18(25)12-19(26)13-23(27)28-4)21(10-14)17-5-8-22(24)16(3)11-17/h5,8-11,19,26H,6-7,12-13H2,1-4H3. The van der Waals surface area contributed by atoms with Gasteiger partial charge in [-0.15, -0.1) is 0 Å². The maximum atomic E-state index is 13.7. The molecule has 0 saturated carbocycles. The smallest absolute Gasteiger partial charge is 0.308 e. The minimum absolute atomic E-state index is 0.0784. The molecule has 0 spiro atoms. The predicted molar refractivity (Wildman–Crippen MR) is 107 cm³/mol. The Morgan fingerprint density at radius 2 is 1.79 bits per heavy atom. The van der Waals surface area contributed by atoms with E-state index in [0.29, 0.717) is 12.0 Å². The molecule has 1 unspecified atom stereocenters. The Morgan fingerprint density at radius 3 is 2.43 bits per heavy atom. The normalized spacial score (nSPS) is 11.9. The van der Waals surface area contributed by atoms with Gasteiger partial charge in [-0.3, -0.25) is 9.59 Å². The fourth-order valence-corrected chi connectivity index (χ4v) is 3.38. The van der Waals surface area contributed by atoms with Crippen LogP contribution >= 0.6 is 0 Å². The van der Waals surface area contributed by atoms with Crippen LogP contribution in [0.5, 0.6) is 0 Å². The summed E-state index contributed by atoms with van der Waals surface area (Å²) in [6.07, 6.45) is -0.522. The summed E-state index contributed by atoms with van der Waals surface area (Å²) in [6, 6.07) is 9.13. The number of carbonyl (C=O) groups excluding carboxylic acids is 2. The van der Waals surface area contributed by atoms with Crippen molar-refractivity contribution in [2.45, 2.75) is 52.6 Å². The number of ether oxygens (including phenoxy) is 1. The van der Waals surface area contributed by atoms with Crippen molar-refractivity contribution >= 4 is 11.8 Å². The minimum atomic E-state index is -1.03. The molecule has 0 amide bonds. The van der Waals surface area contributed by atoms with Gasteiger partial charge in [-0.2, -0.15) is 0 Å². The maximum absolute atomic E-state index is 13.7. The zero-order chi connectivity index (χ0) is 20.8. The van der Waals surface area contributed by atoms with Crippen LogP contribution in [0.15, 0.2) is 30.3 Å². The molecule has 1 N–H and O–H groups in total. The number of ketones is 1. The quantitative estimate of drug-likeness (QED) is 0.690. The molecule has 0 aliphatic carbocycles. The number of hydrogen-bond donors (Lipinski definition) is 1. The van der Waals surface area contributed by atoms with Crippen molar-refractivity contribution in [2.24, 2.45) is 0 Å². The van der Waals surface area contributed by atoms with Crippen LogP contribution in [0.2, 0.25) is 0 Å². The lowest BCUT2D eigenvalue weighted by atomic mass is 9.89. The highest BCUT2D eigenvalue weighted by Gasteiger charge is 2.17. The van der Waals surface area contributed by atoms with Gasteiger partial charge >= 0.3 is 5.97 Å². The Labute approximate surface area is 165 Å². The van der Waals surface area contributed by atoms with Crippen molar-refractivity contribution in [3.05, 3.63) is 58.4 Å². The molecular formula is C23H27FO4. The Hall–Kier alpha value is -2.53. The second kappa shape index (κ2) is 9.60. The summed E-state index contributed by atoms with van der Waals surface area (Å²) in [5.41, 5.74) is 5.68. The van der Waals surface area contributed by atoms with Crippen LogP contribution in [0.1, 0.15) is 41.5 Å². The monoisotopic (exact) mass is 386 g/mol. The summed E-state index contributed by atoms with van der Waals surface area (Å²) >= 11 is 0. The largest absolute Gasteiger partial charge is 0.469 e. The number of methoxy groups -OCH3 is 1. The van der Waals surface area contributed by atoms with Gasteiger partial charge in [-0.05, 0) is 67.1 Å². The first-order valence-corrected chi connectivity index (χ1v) is 9.34. The lowest BCUT2D eigenvalue weighted by Gasteiger charge is -2.16. The number of aryl methyl sites for hydroxylation is 3. The first-order chi connectivity index (χ1) is 13.2. The molecule has 2 rings (SSSR count).